The molecule has 0 saturated heterocycles. The second-order valence-corrected chi connectivity index (χ2v) is 11.5. The number of fused-ring (bicyclic) bond motifs is 1. The summed E-state index contributed by atoms with van der Waals surface area (Å²) in [6.07, 6.45) is 5.57. The van der Waals surface area contributed by atoms with Gasteiger partial charge in [-0.3, -0.25) is 4.57 Å². The van der Waals surface area contributed by atoms with Crippen molar-refractivity contribution >= 4 is 20.9 Å². The van der Waals surface area contributed by atoms with Crippen LogP contribution < -0.4 is 4.74 Å². The standard InChI is InChI=1S/C26H28N8O4S/c1-15-11-28-25(29-12-15)24(38-5)17(3)39(35,36)13-20-32-33-26(22-21-18(9-10-27-21)30-14-31-22)34(20)23-16(2)7-6-8-19(23)37-4/h6-12,14,17,24,27H,13H2,1-5H3/t17-,24-/m0/s1. The average molecular weight is 549 g/mol. The molecule has 0 amide bonds. The molecule has 0 aliphatic heterocycles. The number of hydrogen-bond acceptors (Lipinski definition) is 10. The van der Waals surface area contributed by atoms with Gasteiger partial charge in [-0.2, -0.15) is 0 Å². The summed E-state index contributed by atoms with van der Waals surface area (Å²) in [5.41, 5.74) is 4.12. The maximum Gasteiger partial charge on any atom is 0.189 e. The van der Waals surface area contributed by atoms with Crippen LogP contribution in [-0.2, 0) is 20.3 Å². The Labute approximate surface area is 225 Å². The molecule has 39 heavy (non-hydrogen) atoms. The van der Waals surface area contributed by atoms with Crippen LogP contribution in [0.5, 0.6) is 5.75 Å². The van der Waals surface area contributed by atoms with E-state index in [4.69, 9.17) is 9.47 Å². The Morgan fingerprint density at radius 1 is 1.03 bits per heavy atom. The lowest BCUT2D eigenvalue weighted by Gasteiger charge is -2.22. The molecule has 4 heterocycles. The first-order valence-electron chi connectivity index (χ1n) is 12.1. The van der Waals surface area contributed by atoms with Gasteiger partial charge >= 0.3 is 0 Å². The van der Waals surface area contributed by atoms with E-state index in [0.717, 1.165) is 11.1 Å². The van der Waals surface area contributed by atoms with E-state index in [1.54, 1.807) is 43.3 Å². The Morgan fingerprint density at radius 3 is 2.51 bits per heavy atom. The van der Waals surface area contributed by atoms with Crippen LogP contribution >= 0.6 is 0 Å². The maximum atomic E-state index is 13.8. The first kappa shape index (κ1) is 26.4. The third-order valence-electron chi connectivity index (χ3n) is 6.56. The van der Waals surface area contributed by atoms with Gasteiger partial charge in [0.2, 0.25) is 0 Å². The molecular weight excluding hydrogens is 520 g/mol. The summed E-state index contributed by atoms with van der Waals surface area (Å²) in [5, 5.41) is 7.78. The molecule has 0 spiro atoms. The fourth-order valence-electron chi connectivity index (χ4n) is 4.48. The molecule has 5 aromatic rings. The number of aromatic nitrogens is 8. The second kappa shape index (κ2) is 10.5. The lowest BCUT2D eigenvalue weighted by molar-refractivity contribution is 0.0947. The number of benzene rings is 1. The van der Waals surface area contributed by atoms with E-state index in [1.165, 1.54) is 13.4 Å². The summed E-state index contributed by atoms with van der Waals surface area (Å²) in [6, 6.07) is 7.38. The third-order valence-corrected chi connectivity index (χ3v) is 8.60. The molecule has 2 atom stereocenters. The number of ether oxygens (including phenoxy) is 2. The summed E-state index contributed by atoms with van der Waals surface area (Å²) in [6.45, 7) is 5.34. The monoisotopic (exact) mass is 548 g/mol. The molecule has 0 aliphatic carbocycles. The van der Waals surface area contributed by atoms with Crippen LogP contribution in [0.1, 0.15) is 35.8 Å². The minimum absolute atomic E-state index is 0.197. The molecule has 0 radical (unpaired) electrons. The number of rotatable bonds is 9. The summed E-state index contributed by atoms with van der Waals surface area (Å²) in [7, 11) is -0.861. The molecule has 202 valence electrons. The van der Waals surface area contributed by atoms with Crippen molar-refractivity contribution in [2.45, 2.75) is 37.9 Å². The van der Waals surface area contributed by atoms with Crippen LogP contribution in [0.4, 0.5) is 0 Å². The largest absolute Gasteiger partial charge is 0.495 e. The lowest BCUT2D eigenvalue weighted by atomic mass is 10.1. The first-order chi connectivity index (χ1) is 18.7. The minimum Gasteiger partial charge on any atom is -0.495 e. The Bertz CT molecular complexity index is 1730. The van der Waals surface area contributed by atoms with Gasteiger partial charge in [-0.1, -0.05) is 12.1 Å². The van der Waals surface area contributed by atoms with E-state index in [2.05, 4.69) is 35.1 Å². The predicted molar refractivity (Wildman–Crippen MR) is 144 cm³/mol. The fourth-order valence-corrected chi connectivity index (χ4v) is 5.90. The van der Waals surface area contributed by atoms with E-state index in [1.807, 2.05) is 32.0 Å². The van der Waals surface area contributed by atoms with Crippen LogP contribution in [0.2, 0.25) is 0 Å². The zero-order chi connectivity index (χ0) is 27.7. The number of aromatic amines is 1. The number of H-pyrrole nitrogens is 1. The van der Waals surface area contributed by atoms with Crippen molar-refractivity contribution in [3.8, 4) is 23.0 Å². The van der Waals surface area contributed by atoms with E-state index in [-0.39, 0.29) is 11.6 Å². The Kier molecular flexibility index (Phi) is 7.10. The number of para-hydroxylation sites is 1. The molecule has 0 saturated carbocycles. The van der Waals surface area contributed by atoms with Crippen molar-refractivity contribution in [3.63, 3.8) is 0 Å². The average Bonchev–Trinajstić information content (AvgIpc) is 3.57. The summed E-state index contributed by atoms with van der Waals surface area (Å²) >= 11 is 0. The predicted octanol–water partition coefficient (Wildman–Crippen LogP) is 3.31. The summed E-state index contributed by atoms with van der Waals surface area (Å²) in [5.74, 6) is 0.936. The number of hydrogen-bond donors (Lipinski definition) is 1. The van der Waals surface area contributed by atoms with Crippen LogP contribution in [0, 0.1) is 13.8 Å². The van der Waals surface area contributed by atoms with E-state index >= 15 is 0 Å². The van der Waals surface area contributed by atoms with Gasteiger partial charge in [-0.05, 0) is 44.0 Å². The highest BCUT2D eigenvalue weighted by molar-refractivity contribution is 7.91. The highest BCUT2D eigenvalue weighted by Gasteiger charge is 2.35. The van der Waals surface area contributed by atoms with Crippen LogP contribution in [0.25, 0.3) is 28.2 Å². The van der Waals surface area contributed by atoms with E-state index in [0.29, 0.717) is 34.0 Å². The van der Waals surface area contributed by atoms with Gasteiger partial charge in [0.05, 0.1) is 29.1 Å². The molecule has 4 aromatic heterocycles. The van der Waals surface area contributed by atoms with E-state index in [9.17, 15) is 8.42 Å². The molecule has 0 fully saturated rings. The van der Waals surface area contributed by atoms with Gasteiger partial charge in [-0.25, -0.2) is 28.4 Å². The van der Waals surface area contributed by atoms with Crippen molar-refractivity contribution < 1.29 is 17.9 Å². The zero-order valence-corrected chi connectivity index (χ0v) is 23.0. The van der Waals surface area contributed by atoms with Crippen molar-refractivity contribution in [1.82, 2.24) is 39.7 Å². The SMILES string of the molecule is COc1cccc(C)c1-n1c(CS(=O)(=O)[C@@H](C)[C@H](OC)c2ncc(C)cn2)nnc1-c1ncnc2cc[nH]c12. The van der Waals surface area contributed by atoms with E-state index < -0.39 is 26.9 Å². The van der Waals surface area contributed by atoms with Gasteiger partial charge < -0.3 is 14.5 Å². The smallest absolute Gasteiger partial charge is 0.189 e. The molecule has 0 unspecified atom stereocenters. The molecular formula is C26H28N8O4S. The van der Waals surface area contributed by atoms with Crippen molar-refractivity contribution in [2.75, 3.05) is 14.2 Å². The second-order valence-electron chi connectivity index (χ2n) is 9.15. The molecule has 5 rings (SSSR count). The number of aryl methyl sites for hydroxylation is 2. The van der Waals surface area contributed by atoms with Gasteiger partial charge in [0, 0.05) is 25.7 Å². The topological polar surface area (TPSA) is 151 Å². The highest BCUT2D eigenvalue weighted by Crippen LogP contribution is 2.34. The zero-order valence-electron chi connectivity index (χ0n) is 22.2. The summed E-state index contributed by atoms with van der Waals surface area (Å²) in [4.78, 5) is 20.5. The van der Waals surface area contributed by atoms with Crippen molar-refractivity contribution in [3.05, 3.63) is 72.0 Å². The minimum atomic E-state index is -3.86. The number of nitrogens with zero attached hydrogens (tertiary/aromatic N) is 7. The van der Waals surface area contributed by atoms with Crippen molar-refractivity contribution in [2.24, 2.45) is 0 Å². The number of nitrogens with one attached hydrogen (secondary N) is 1. The molecule has 0 bridgehead atoms. The van der Waals surface area contributed by atoms with Gasteiger partial charge in [-0.15, -0.1) is 10.2 Å². The van der Waals surface area contributed by atoms with Crippen LogP contribution in [0.15, 0.2) is 49.2 Å². The maximum absolute atomic E-state index is 13.8. The quantitative estimate of drug-likeness (QED) is 0.290. The summed E-state index contributed by atoms with van der Waals surface area (Å²) < 4.78 is 40.5. The Balaban J connectivity index is 1.64. The number of methoxy groups -OCH3 is 2. The third kappa shape index (κ3) is 4.86. The molecule has 0 aliphatic rings. The van der Waals surface area contributed by atoms with Crippen molar-refractivity contribution in [1.29, 1.82) is 0 Å². The normalized spacial score (nSPS) is 13.5. The van der Waals surface area contributed by atoms with Gasteiger partial charge in [0.25, 0.3) is 0 Å². The lowest BCUT2D eigenvalue weighted by Crippen LogP contribution is -2.30. The first-order valence-corrected chi connectivity index (χ1v) is 13.9. The Morgan fingerprint density at radius 2 is 1.79 bits per heavy atom. The highest BCUT2D eigenvalue weighted by atomic mass is 32.2. The molecule has 1 aromatic carbocycles. The molecule has 12 nitrogen and oxygen atoms in total. The van der Waals surface area contributed by atoms with Crippen LogP contribution in [-0.4, -0.2) is 67.6 Å². The van der Waals surface area contributed by atoms with Crippen LogP contribution in [0.3, 0.4) is 0 Å². The van der Waals surface area contributed by atoms with Gasteiger partial charge in [0.1, 0.15) is 29.6 Å². The number of sulfone groups is 1. The van der Waals surface area contributed by atoms with Gasteiger partial charge in [0.15, 0.2) is 27.3 Å². The fraction of sp³-hybridized carbons (Fsp3) is 0.308. The molecule has 1 N–H and O–H groups in total. The Hall–Kier alpha value is -4.23. The molecule has 13 heteroatoms.